The standard InChI is InChI=1S/C24H15Br2Cl2NO3/c1-13-3-2-4-14(7-13)12-31-22-18(25)8-15(9-19(22)26)10-21-24(30)32-23(29-21)17-6-5-16(27)11-20(17)28/h2-11H,12H2,1H3/b21-10-. The molecule has 4 rings (SSSR count). The highest BCUT2D eigenvalue weighted by molar-refractivity contribution is 9.11. The summed E-state index contributed by atoms with van der Waals surface area (Å²) in [6.45, 7) is 2.47. The summed E-state index contributed by atoms with van der Waals surface area (Å²) in [5.41, 5.74) is 3.65. The molecule has 0 N–H and O–H groups in total. The molecule has 0 radical (unpaired) electrons. The van der Waals surface area contributed by atoms with Gasteiger partial charge in [-0.3, -0.25) is 0 Å². The summed E-state index contributed by atoms with van der Waals surface area (Å²) in [4.78, 5) is 16.6. The van der Waals surface area contributed by atoms with Crippen LogP contribution in [-0.4, -0.2) is 11.9 Å². The van der Waals surface area contributed by atoms with Gasteiger partial charge in [0.25, 0.3) is 0 Å². The number of ether oxygens (including phenoxy) is 2. The molecule has 3 aromatic carbocycles. The molecule has 162 valence electrons. The summed E-state index contributed by atoms with van der Waals surface area (Å²) in [7, 11) is 0. The Labute approximate surface area is 212 Å². The molecule has 0 saturated carbocycles. The molecule has 0 aliphatic carbocycles. The third-order valence-corrected chi connectivity index (χ3v) is 6.30. The summed E-state index contributed by atoms with van der Waals surface area (Å²) in [5.74, 6) is 0.247. The van der Waals surface area contributed by atoms with Gasteiger partial charge in [0.1, 0.15) is 12.4 Å². The van der Waals surface area contributed by atoms with E-state index in [1.54, 1.807) is 24.3 Å². The van der Waals surface area contributed by atoms with Crippen molar-refractivity contribution in [2.75, 3.05) is 0 Å². The van der Waals surface area contributed by atoms with Crippen LogP contribution in [0.1, 0.15) is 22.3 Å². The van der Waals surface area contributed by atoms with Crippen molar-refractivity contribution >= 4 is 73.0 Å². The Kier molecular flexibility index (Phi) is 7.05. The zero-order valence-corrected chi connectivity index (χ0v) is 21.3. The van der Waals surface area contributed by atoms with E-state index in [4.69, 9.17) is 32.7 Å². The SMILES string of the molecule is Cc1cccc(COc2c(Br)cc(/C=C3\N=C(c4ccc(Cl)cc4Cl)OC3=O)cc2Br)c1. The lowest BCUT2D eigenvalue weighted by Gasteiger charge is -2.12. The Hall–Kier alpha value is -2.12. The van der Waals surface area contributed by atoms with E-state index in [1.807, 2.05) is 37.3 Å². The number of esters is 1. The molecule has 32 heavy (non-hydrogen) atoms. The smallest absolute Gasteiger partial charge is 0.363 e. The maximum atomic E-state index is 12.3. The molecule has 1 aliphatic rings. The summed E-state index contributed by atoms with van der Waals surface area (Å²) in [6.07, 6.45) is 1.64. The van der Waals surface area contributed by atoms with Gasteiger partial charge >= 0.3 is 5.97 Å². The molecule has 0 atom stereocenters. The minimum Gasteiger partial charge on any atom is -0.487 e. The van der Waals surface area contributed by atoms with Gasteiger partial charge in [-0.25, -0.2) is 9.79 Å². The van der Waals surface area contributed by atoms with Crippen molar-refractivity contribution in [3.63, 3.8) is 0 Å². The zero-order valence-electron chi connectivity index (χ0n) is 16.7. The number of benzene rings is 3. The number of halogens is 4. The van der Waals surface area contributed by atoms with E-state index in [-0.39, 0.29) is 11.6 Å². The van der Waals surface area contributed by atoms with E-state index >= 15 is 0 Å². The Balaban J connectivity index is 1.57. The van der Waals surface area contributed by atoms with Crippen LogP contribution in [0.2, 0.25) is 10.0 Å². The van der Waals surface area contributed by atoms with Crippen LogP contribution in [0.25, 0.3) is 6.08 Å². The van der Waals surface area contributed by atoms with Gasteiger partial charge in [0.05, 0.1) is 19.5 Å². The molecule has 3 aromatic rings. The Bertz CT molecular complexity index is 1260. The van der Waals surface area contributed by atoms with Gasteiger partial charge in [-0.2, -0.15) is 0 Å². The number of rotatable bonds is 5. The minimum absolute atomic E-state index is 0.138. The fourth-order valence-electron chi connectivity index (χ4n) is 3.10. The van der Waals surface area contributed by atoms with Gasteiger partial charge in [-0.1, -0.05) is 53.0 Å². The normalized spacial score (nSPS) is 14.5. The van der Waals surface area contributed by atoms with Crippen LogP contribution in [0.15, 0.2) is 74.2 Å². The molecule has 8 heteroatoms. The maximum Gasteiger partial charge on any atom is 0.363 e. The first kappa shape index (κ1) is 23.1. The van der Waals surface area contributed by atoms with Crippen molar-refractivity contribution in [1.29, 1.82) is 0 Å². The zero-order chi connectivity index (χ0) is 22.8. The lowest BCUT2D eigenvalue weighted by atomic mass is 10.1. The maximum absolute atomic E-state index is 12.3. The fraction of sp³-hybridized carbons (Fsp3) is 0.0833. The number of hydrogen-bond donors (Lipinski definition) is 0. The van der Waals surface area contributed by atoms with Gasteiger partial charge in [0, 0.05) is 5.02 Å². The Morgan fingerprint density at radius 1 is 1.06 bits per heavy atom. The van der Waals surface area contributed by atoms with Gasteiger partial charge in [0.2, 0.25) is 5.90 Å². The molecule has 0 unspecified atom stereocenters. The highest BCUT2D eigenvalue weighted by Gasteiger charge is 2.26. The molecule has 0 fully saturated rings. The van der Waals surface area contributed by atoms with Crippen molar-refractivity contribution in [2.24, 2.45) is 4.99 Å². The Morgan fingerprint density at radius 2 is 1.81 bits per heavy atom. The lowest BCUT2D eigenvalue weighted by molar-refractivity contribution is -0.129. The first-order valence-corrected chi connectivity index (χ1v) is 11.8. The summed E-state index contributed by atoms with van der Waals surface area (Å²) < 4.78 is 12.8. The van der Waals surface area contributed by atoms with Gasteiger partial charge in [-0.15, -0.1) is 0 Å². The van der Waals surface area contributed by atoms with Crippen molar-refractivity contribution in [1.82, 2.24) is 0 Å². The summed E-state index contributed by atoms with van der Waals surface area (Å²) >= 11 is 19.2. The second kappa shape index (κ2) is 9.79. The summed E-state index contributed by atoms with van der Waals surface area (Å²) in [5, 5.41) is 0.838. The number of cyclic esters (lactones) is 1. The van der Waals surface area contributed by atoms with E-state index in [2.05, 4.69) is 42.9 Å². The monoisotopic (exact) mass is 593 g/mol. The third kappa shape index (κ3) is 5.26. The largest absolute Gasteiger partial charge is 0.487 e. The van der Waals surface area contributed by atoms with Crippen LogP contribution in [0, 0.1) is 6.92 Å². The van der Waals surface area contributed by atoms with Crippen LogP contribution in [-0.2, 0) is 16.1 Å². The van der Waals surface area contributed by atoms with Gasteiger partial charge in [0.15, 0.2) is 5.70 Å². The molecule has 0 aromatic heterocycles. The average Bonchev–Trinajstić information content (AvgIpc) is 3.07. The lowest BCUT2D eigenvalue weighted by Crippen LogP contribution is -2.05. The first-order chi connectivity index (χ1) is 15.3. The van der Waals surface area contributed by atoms with Crippen molar-refractivity contribution in [3.8, 4) is 5.75 Å². The van der Waals surface area contributed by atoms with Crippen molar-refractivity contribution < 1.29 is 14.3 Å². The quantitative estimate of drug-likeness (QED) is 0.224. The predicted octanol–water partition coefficient (Wildman–Crippen LogP) is 7.75. The highest BCUT2D eigenvalue weighted by Crippen LogP contribution is 2.36. The van der Waals surface area contributed by atoms with Crippen LogP contribution < -0.4 is 4.74 Å². The molecule has 0 saturated heterocycles. The van der Waals surface area contributed by atoms with Crippen molar-refractivity contribution in [3.05, 3.63) is 102 Å². The number of aliphatic imine (C=N–C) groups is 1. The molecular weight excluding hydrogens is 581 g/mol. The van der Waals surface area contributed by atoms with Crippen LogP contribution in [0.5, 0.6) is 5.75 Å². The van der Waals surface area contributed by atoms with Gasteiger partial charge in [-0.05, 0) is 86.3 Å². The molecule has 0 amide bonds. The molecule has 0 spiro atoms. The first-order valence-electron chi connectivity index (χ1n) is 9.45. The highest BCUT2D eigenvalue weighted by atomic mass is 79.9. The number of aryl methyl sites for hydroxylation is 1. The molecule has 1 aliphatic heterocycles. The number of nitrogens with zero attached hydrogens (tertiary/aromatic N) is 1. The molecular formula is C24H15Br2Cl2NO3. The van der Waals surface area contributed by atoms with Crippen LogP contribution in [0.3, 0.4) is 0 Å². The predicted molar refractivity (Wildman–Crippen MR) is 134 cm³/mol. The average molecular weight is 596 g/mol. The molecule has 1 heterocycles. The third-order valence-electron chi connectivity index (χ3n) is 4.57. The van der Waals surface area contributed by atoms with E-state index < -0.39 is 5.97 Å². The Morgan fingerprint density at radius 3 is 2.50 bits per heavy atom. The van der Waals surface area contributed by atoms with Crippen LogP contribution >= 0.6 is 55.1 Å². The van der Waals surface area contributed by atoms with E-state index in [1.165, 1.54) is 5.56 Å². The number of hydrogen-bond acceptors (Lipinski definition) is 4. The van der Waals surface area contributed by atoms with E-state index in [0.717, 1.165) is 20.1 Å². The molecule has 4 nitrogen and oxygen atoms in total. The fourth-order valence-corrected chi connectivity index (χ4v) is 5.04. The number of carbonyl (C=O) groups excluding carboxylic acids is 1. The van der Waals surface area contributed by atoms with E-state index in [0.29, 0.717) is 28.0 Å². The molecule has 0 bridgehead atoms. The van der Waals surface area contributed by atoms with Crippen LogP contribution in [0.4, 0.5) is 0 Å². The second-order valence-corrected chi connectivity index (χ2v) is 9.60. The topological polar surface area (TPSA) is 47.9 Å². The van der Waals surface area contributed by atoms with E-state index in [9.17, 15) is 4.79 Å². The summed E-state index contributed by atoms with van der Waals surface area (Å²) in [6, 6.07) is 16.7. The van der Waals surface area contributed by atoms with Crippen molar-refractivity contribution in [2.45, 2.75) is 13.5 Å². The van der Waals surface area contributed by atoms with Gasteiger partial charge < -0.3 is 9.47 Å². The minimum atomic E-state index is -0.557. The number of carbonyl (C=O) groups is 1. The second-order valence-electron chi connectivity index (χ2n) is 7.05.